The summed E-state index contributed by atoms with van der Waals surface area (Å²) in [4.78, 5) is 0. The van der Waals surface area contributed by atoms with E-state index in [0.717, 1.165) is 38.8 Å². The Morgan fingerprint density at radius 2 is 1.94 bits per heavy atom. The summed E-state index contributed by atoms with van der Waals surface area (Å²) in [6.45, 7) is 4.11. The molecule has 0 radical (unpaired) electrons. The monoisotopic (exact) mass is 261 g/mol. The summed E-state index contributed by atoms with van der Waals surface area (Å²) < 4.78 is 23.8. The fraction of sp³-hybridized carbons (Fsp3) is 1.00. The first-order chi connectivity index (χ1) is 8.14. The van der Waals surface area contributed by atoms with Gasteiger partial charge >= 0.3 is 0 Å². The molecule has 0 amide bonds. The fourth-order valence-electron chi connectivity index (χ4n) is 2.43. The zero-order valence-corrected chi connectivity index (χ0v) is 11.9. The van der Waals surface area contributed by atoms with Crippen molar-refractivity contribution in [2.24, 2.45) is 5.92 Å². The van der Waals surface area contributed by atoms with Crippen molar-refractivity contribution < 1.29 is 8.42 Å². The third kappa shape index (κ3) is 7.04. The molecule has 0 aromatic rings. The van der Waals surface area contributed by atoms with Crippen LogP contribution in [0.15, 0.2) is 0 Å². The summed E-state index contributed by atoms with van der Waals surface area (Å²) in [6.07, 6.45) is 7.72. The second-order valence-corrected chi connectivity index (χ2v) is 7.47. The first kappa shape index (κ1) is 15.0. The van der Waals surface area contributed by atoms with Crippen molar-refractivity contribution in [2.75, 3.05) is 24.6 Å². The zero-order valence-electron chi connectivity index (χ0n) is 11.1. The summed E-state index contributed by atoms with van der Waals surface area (Å²) in [5.41, 5.74) is 0. The van der Waals surface area contributed by atoms with Gasteiger partial charge in [0.15, 0.2) is 9.84 Å². The van der Waals surface area contributed by atoms with Crippen LogP contribution < -0.4 is 5.32 Å². The van der Waals surface area contributed by atoms with Crippen LogP contribution in [0.2, 0.25) is 0 Å². The number of sulfone groups is 1. The topological polar surface area (TPSA) is 46.2 Å². The van der Waals surface area contributed by atoms with Crippen molar-refractivity contribution in [1.82, 2.24) is 5.32 Å². The molecule has 1 saturated heterocycles. The van der Waals surface area contributed by atoms with Crippen LogP contribution in [-0.4, -0.2) is 33.0 Å². The lowest BCUT2D eigenvalue weighted by Gasteiger charge is -2.22. The van der Waals surface area contributed by atoms with Gasteiger partial charge in [0.2, 0.25) is 0 Å². The van der Waals surface area contributed by atoms with Gasteiger partial charge in [-0.25, -0.2) is 8.42 Å². The third-order valence-corrected chi connectivity index (χ3v) is 5.34. The van der Waals surface area contributed by atoms with Gasteiger partial charge in [-0.3, -0.25) is 0 Å². The molecule has 1 aliphatic rings. The van der Waals surface area contributed by atoms with E-state index in [1.165, 1.54) is 19.3 Å². The average molecular weight is 261 g/mol. The summed E-state index contributed by atoms with van der Waals surface area (Å²) in [7, 11) is -2.81. The molecule has 0 aliphatic carbocycles. The number of hydrogen-bond donors (Lipinski definition) is 1. The second kappa shape index (κ2) is 8.09. The minimum atomic E-state index is -2.81. The molecule has 17 heavy (non-hydrogen) atoms. The highest BCUT2D eigenvalue weighted by molar-refractivity contribution is 7.91. The van der Waals surface area contributed by atoms with Gasteiger partial charge in [-0.05, 0) is 38.3 Å². The van der Waals surface area contributed by atoms with Gasteiger partial charge in [0.05, 0.1) is 11.5 Å². The lowest BCUT2D eigenvalue weighted by atomic mass is 10.0. The van der Waals surface area contributed by atoms with E-state index in [0.29, 0.717) is 17.4 Å². The minimum absolute atomic E-state index is 0.351. The molecule has 0 saturated carbocycles. The Morgan fingerprint density at radius 1 is 1.18 bits per heavy atom. The van der Waals surface area contributed by atoms with Crippen molar-refractivity contribution in [2.45, 2.75) is 51.9 Å². The van der Waals surface area contributed by atoms with E-state index in [1.807, 2.05) is 0 Å². The normalized spacial score (nSPS) is 21.6. The maximum atomic E-state index is 11.9. The predicted molar refractivity (Wildman–Crippen MR) is 73.0 cm³/mol. The summed E-state index contributed by atoms with van der Waals surface area (Å²) in [5, 5.41) is 3.28. The standard InChI is InChI=1S/C13H27NO2S/c1-2-3-4-5-6-10-17(15,16)12-13-8-7-9-14-11-13/h13-14H,2-12H2,1H3. The van der Waals surface area contributed by atoms with Gasteiger partial charge in [0, 0.05) is 0 Å². The molecular weight excluding hydrogens is 234 g/mol. The van der Waals surface area contributed by atoms with Crippen LogP contribution >= 0.6 is 0 Å². The van der Waals surface area contributed by atoms with Crippen LogP contribution in [-0.2, 0) is 9.84 Å². The first-order valence-corrected chi connectivity index (χ1v) is 8.87. The Labute approximate surface area is 106 Å². The zero-order chi connectivity index (χ0) is 12.6. The van der Waals surface area contributed by atoms with Crippen LogP contribution in [0.4, 0.5) is 0 Å². The number of unbranched alkanes of at least 4 members (excludes halogenated alkanes) is 4. The molecule has 1 rings (SSSR count). The third-order valence-electron chi connectivity index (χ3n) is 3.45. The highest BCUT2D eigenvalue weighted by atomic mass is 32.2. The molecule has 102 valence electrons. The van der Waals surface area contributed by atoms with Crippen LogP contribution in [0.1, 0.15) is 51.9 Å². The number of piperidine rings is 1. The van der Waals surface area contributed by atoms with Gasteiger partial charge in [0.25, 0.3) is 0 Å². The summed E-state index contributed by atoms with van der Waals surface area (Å²) >= 11 is 0. The highest BCUT2D eigenvalue weighted by Gasteiger charge is 2.20. The molecule has 3 nitrogen and oxygen atoms in total. The number of rotatable bonds is 8. The van der Waals surface area contributed by atoms with E-state index < -0.39 is 9.84 Å². The largest absolute Gasteiger partial charge is 0.316 e. The van der Waals surface area contributed by atoms with Crippen LogP contribution in [0.25, 0.3) is 0 Å². The Morgan fingerprint density at radius 3 is 2.59 bits per heavy atom. The highest BCUT2D eigenvalue weighted by Crippen LogP contribution is 2.14. The maximum Gasteiger partial charge on any atom is 0.150 e. The second-order valence-electron chi connectivity index (χ2n) is 5.24. The first-order valence-electron chi connectivity index (χ1n) is 7.05. The molecule has 1 N–H and O–H groups in total. The van der Waals surface area contributed by atoms with E-state index in [4.69, 9.17) is 0 Å². The average Bonchev–Trinajstić information content (AvgIpc) is 2.29. The van der Waals surface area contributed by atoms with Crippen molar-refractivity contribution >= 4 is 9.84 Å². The molecule has 1 aliphatic heterocycles. The molecule has 1 atom stereocenters. The summed E-state index contributed by atoms with van der Waals surface area (Å²) in [6, 6.07) is 0. The van der Waals surface area contributed by atoms with Gasteiger partial charge < -0.3 is 5.32 Å². The van der Waals surface area contributed by atoms with Crippen LogP contribution in [0.5, 0.6) is 0 Å². The molecule has 0 aromatic carbocycles. The number of nitrogens with one attached hydrogen (secondary N) is 1. The lowest BCUT2D eigenvalue weighted by molar-refractivity contribution is 0.404. The Hall–Kier alpha value is -0.0900. The van der Waals surface area contributed by atoms with Gasteiger partial charge in [-0.1, -0.05) is 32.6 Å². The smallest absolute Gasteiger partial charge is 0.150 e. The minimum Gasteiger partial charge on any atom is -0.316 e. The molecule has 0 aromatic heterocycles. The molecule has 1 fully saturated rings. The summed E-state index contributed by atoms with van der Waals surface area (Å²) in [5.74, 6) is 1.14. The van der Waals surface area contributed by atoms with E-state index >= 15 is 0 Å². The Balaban J connectivity index is 2.16. The molecule has 1 unspecified atom stereocenters. The van der Waals surface area contributed by atoms with Crippen molar-refractivity contribution in [3.63, 3.8) is 0 Å². The fourth-order valence-corrected chi connectivity index (χ4v) is 4.25. The Kier molecular flexibility index (Phi) is 7.12. The quantitative estimate of drug-likeness (QED) is 0.682. The van der Waals surface area contributed by atoms with Gasteiger partial charge in [0.1, 0.15) is 0 Å². The van der Waals surface area contributed by atoms with E-state index in [1.54, 1.807) is 0 Å². The number of hydrogen-bond acceptors (Lipinski definition) is 3. The van der Waals surface area contributed by atoms with Gasteiger partial charge in [-0.2, -0.15) is 0 Å². The van der Waals surface area contributed by atoms with E-state index in [9.17, 15) is 8.42 Å². The van der Waals surface area contributed by atoms with Crippen molar-refractivity contribution in [1.29, 1.82) is 0 Å². The van der Waals surface area contributed by atoms with E-state index in [2.05, 4.69) is 12.2 Å². The van der Waals surface area contributed by atoms with Crippen LogP contribution in [0, 0.1) is 5.92 Å². The SMILES string of the molecule is CCCCCCCS(=O)(=O)CC1CCCNC1. The van der Waals surface area contributed by atoms with Crippen LogP contribution in [0.3, 0.4) is 0 Å². The molecule has 0 spiro atoms. The maximum absolute atomic E-state index is 11.9. The molecular formula is C13H27NO2S. The lowest BCUT2D eigenvalue weighted by Crippen LogP contribution is -2.34. The van der Waals surface area contributed by atoms with Crippen molar-refractivity contribution in [3.05, 3.63) is 0 Å². The van der Waals surface area contributed by atoms with Gasteiger partial charge in [-0.15, -0.1) is 0 Å². The molecule has 1 heterocycles. The Bertz CT molecular complexity index is 282. The molecule has 0 bridgehead atoms. The van der Waals surface area contributed by atoms with E-state index in [-0.39, 0.29) is 0 Å². The predicted octanol–water partition coefficient (Wildman–Crippen LogP) is 2.37. The van der Waals surface area contributed by atoms with Crippen molar-refractivity contribution in [3.8, 4) is 0 Å². The molecule has 4 heteroatoms.